The maximum absolute atomic E-state index is 13.1. The van der Waals surface area contributed by atoms with Gasteiger partial charge in [0.25, 0.3) is 5.91 Å². The highest BCUT2D eigenvalue weighted by Crippen LogP contribution is 2.46. The van der Waals surface area contributed by atoms with Crippen LogP contribution in [-0.2, 0) is 0 Å². The van der Waals surface area contributed by atoms with Crippen molar-refractivity contribution >= 4 is 17.2 Å². The molecule has 3 heterocycles. The summed E-state index contributed by atoms with van der Waals surface area (Å²) in [5.41, 5.74) is 3.24. The van der Waals surface area contributed by atoms with Gasteiger partial charge in [0.2, 0.25) is 0 Å². The molecule has 0 fully saturated rings. The van der Waals surface area contributed by atoms with Gasteiger partial charge < -0.3 is 14.4 Å². The Morgan fingerprint density at radius 1 is 1.26 bits per heavy atom. The first-order chi connectivity index (χ1) is 13.2. The third-order valence-corrected chi connectivity index (χ3v) is 5.71. The van der Waals surface area contributed by atoms with Gasteiger partial charge in [-0.1, -0.05) is 13.0 Å². The van der Waals surface area contributed by atoms with E-state index in [0.717, 1.165) is 28.1 Å². The Hall–Kier alpha value is -2.80. The van der Waals surface area contributed by atoms with E-state index in [1.165, 1.54) is 0 Å². The fraction of sp³-hybridized carbons (Fsp3) is 0.300. The van der Waals surface area contributed by atoms with E-state index in [9.17, 15) is 4.79 Å². The first-order valence-corrected chi connectivity index (χ1v) is 9.72. The molecule has 0 aliphatic carbocycles. The van der Waals surface area contributed by atoms with Crippen molar-refractivity contribution in [3.8, 4) is 22.1 Å². The summed E-state index contributed by atoms with van der Waals surface area (Å²) < 4.78 is 11.0. The van der Waals surface area contributed by atoms with Gasteiger partial charge in [0.05, 0.1) is 30.8 Å². The largest absolute Gasteiger partial charge is 0.497 e. The number of carbonyl (C=O) groups is 1. The number of aromatic amines is 1. The van der Waals surface area contributed by atoms with Crippen molar-refractivity contribution in [2.45, 2.75) is 19.4 Å². The summed E-state index contributed by atoms with van der Waals surface area (Å²) in [6, 6.07) is 9.51. The summed E-state index contributed by atoms with van der Waals surface area (Å²) >= 11 is 1.62. The molecule has 1 atom stereocenters. The van der Waals surface area contributed by atoms with Crippen LogP contribution in [0.15, 0.2) is 35.7 Å². The Balaban J connectivity index is 1.91. The van der Waals surface area contributed by atoms with E-state index < -0.39 is 0 Å². The van der Waals surface area contributed by atoms with E-state index >= 15 is 0 Å². The predicted octanol–water partition coefficient (Wildman–Crippen LogP) is 4.11. The van der Waals surface area contributed by atoms with E-state index in [1.54, 1.807) is 25.6 Å². The molecule has 1 amide bonds. The number of amides is 1. The zero-order valence-electron chi connectivity index (χ0n) is 15.5. The maximum atomic E-state index is 13.1. The molecule has 7 heteroatoms. The zero-order valence-corrected chi connectivity index (χ0v) is 16.3. The lowest BCUT2D eigenvalue weighted by Gasteiger charge is -2.27. The third-order valence-electron chi connectivity index (χ3n) is 4.82. The SMILES string of the molecule is CCCN1C(=O)c2n[nH]c(-c3cccs3)c2C1c1ccc(OC)cc1OC. The number of H-pyrrole nitrogens is 1. The van der Waals surface area contributed by atoms with Crippen molar-refractivity contribution in [1.82, 2.24) is 15.1 Å². The number of benzene rings is 1. The number of hydrogen-bond donors (Lipinski definition) is 1. The fourth-order valence-electron chi connectivity index (χ4n) is 3.64. The molecule has 0 saturated heterocycles. The second-order valence-corrected chi connectivity index (χ2v) is 7.29. The van der Waals surface area contributed by atoms with Crippen LogP contribution in [-0.4, -0.2) is 41.8 Å². The minimum atomic E-state index is -0.246. The number of ether oxygens (including phenoxy) is 2. The van der Waals surface area contributed by atoms with Crippen LogP contribution in [0.5, 0.6) is 11.5 Å². The maximum Gasteiger partial charge on any atom is 0.275 e. The third kappa shape index (κ3) is 2.78. The standard InChI is InChI=1S/C20H21N3O3S/c1-4-9-23-19(13-8-7-12(25-2)11-14(13)26-3)16-17(15-6-5-10-27-15)21-22-18(16)20(23)24/h5-8,10-11,19H,4,9H2,1-3H3,(H,21,22). The van der Waals surface area contributed by atoms with Gasteiger partial charge in [0.15, 0.2) is 5.69 Å². The molecule has 1 aliphatic rings. The van der Waals surface area contributed by atoms with Crippen molar-refractivity contribution in [2.24, 2.45) is 0 Å². The molecule has 0 spiro atoms. The van der Waals surface area contributed by atoms with E-state index in [2.05, 4.69) is 17.1 Å². The summed E-state index contributed by atoms with van der Waals surface area (Å²) in [5.74, 6) is 1.36. The van der Waals surface area contributed by atoms with Gasteiger partial charge in [-0.2, -0.15) is 5.10 Å². The minimum absolute atomic E-state index is 0.0474. The van der Waals surface area contributed by atoms with Crippen molar-refractivity contribution in [1.29, 1.82) is 0 Å². The Bertz CT molecular complexity index is 965. The summed E-state index contributed by atoms with van der Waals surface area (Å²) in [6.45, 7) is 2.72. The van der Waals surface area contributed by atoms with Crippen molar-refractivity contribution in [2.75, 3.05) is 20.8 Å². The molecule has 1 aliphatic heterocycles. The molecular formula is C20H21N3O3S. The van der Waals surface area contributed by atoms with Crippen LogP contribution in [0.2, 0.25) is 0 Å². The van der Waals surface area contributed by atoms with Crippen LogP contribution in [0.3, 0.4) is 0 Å². The van der Waals surface area contributed by atoms with Crippen LogP contribution in [0.4, 0.5) is 0 Å². The number of nitrogens with zero attached hydrogens (tertiary/aromatic N) is 2. The molecule has 6 nitrogen and oxygen atoms in total. The second kappa shape index (κ2) is 7.08. The molecule has 0 saturated carbocycles. The number of carbonyl (C=O) groups excluding carboxylic acids is 1. The summed E-state index contributed by atoms with van der Waals surface area (Å²) in [4.78, 5) is 16.0. The topological polar surface area (TPSA) is 67.5 Å². The van der Waals surface area contributed by atoms with Gasteiger partial charge in [0.1, 0.15) is 11.5 Å². The lowest BCUT2D eigenvalue weighted by molar-refractivity contribution is 0.0742. The van der Waals surface area contributed by atoms with Crippen LogP contribution in [0.25, 0.3) is 10.6 Å². The molecule has 2 aromatic heterocycles. The highest BCUT2D eigenvalue weighted by atomic mass is 32.1. The Labute approximate surface area is 161 Å². The van der Waals surface area contributed by atoms with Gasteiger partial charge in [-0.3, -0.25) is 9.89 Å². The number of methoxy groups -OCH3 is 2. The monoisotopic (exact) mass is 383 g/mol. The molecule has 1 aromatic carbocycles. The number of hydrogen-bond acceptors (Lipinski definition) is 5. The summed E-state index contributed by atoms with van der Waals surface area (Å²) in [6.07, 6.45) is 0.864. The lowest BCUT2D eigenvalue weighted by atomic mass is 9.97. The molecule has 1 unspecified atom stereocenters. The minimum Gasteiger partial charge on any atom is -0.497 e. The van der Waals surface area contributed by atoms with Crippen LogP contribution >= 0.6 is 11.3 Å². The fourth-order valence-corrected chi connectivity index (χ4v) is 4.37. The van der Waals surface area contributed by atoms with E-state index in [-0.39, 0.29) is 11.9 Å². The summed E-state index contributed by atoms with van der Waals surface area (Å²) in [7, 11) is 3.26. The first kappa shape index (κ1) is 17.6. The smallest absolute Gasteiger partial charge is 0.275 e. The highest BCUT2D eigenvalue weighted by Gasteiger charge is 2.43. The van der Waals surface area contributed by atoms with Gasteiger partial charge >= 0.3 is 0 Å². The van der Waals surface area contributed by atoms with Crippen LogP contribution in [0, 0.1) is 0 Å². The van der Waals surface area contributed by atoms with E-state index in [0.29, 0.717) is 23.7 Å². The van der Waals surface area contributed by atoms with Crippen molar-refractivity contribution in [3.05, 3.63) is 52.5 Å². The van der Waals surface area contributed by atoms with Gasteiger partial charge in [-0.15, -0.1) is 11.3 Å². The van der Waals surface area contributed by atoms with Gasteiger partial charge in [-0.05, 0) is 30.0 Å². The lowest BCUT2D eigenvalue weighted by Crippen LogP contribution is -2.30. The summed E-state index contributed by atoms with van der Waals surface area (Å²) in [5, 5.41) is 9.45. The Morgan fingerprint density at radius 3 is 2.78 bits per heavy atom. The average Bonchev–Trinajstić information content (AvgIpc) is 3.41. The van der Waals surface area contributed by atoms with E-state index in [1.807, 2.05) is 40.6 Å². The number of fused-ring (bicyclic) bond motifs is 1. The Kier molecular flexibility index (Phi) is 4.61. The normalized spacial score (nSPS) is 15.9. The number of aromatic nitrogens is 2. The van der Waals surface area contributed by atoms with Gasteiger partial charge in [-0.25, -0.2) is 0 Å². The number of rotatable bonds is 6. The second-order valence-electron chi connectivity index (χ2n) is 6.35. The van der Waals surface area contributed by atoms with E-state index in [4.69, 9.17) is 9.47 Å². The van der Waals surface area contributed by atoms with Crippen molar-refractivity contribution < 1.29 is 14.3 Å². The molecule has 4 rings (SSSR count). The van der Waals surface area contributed by atoms with Crippen LogP contribution in [0.1, 0.15) is 41.0 Å². The average molecular weight is 383 g/mol. The molecule has 1 N–H and O–H groups in total. The Morgan fingerprint density at radius 2 is 2.11 bits per heavy atom. The molecular weight excluding hydrogens is 362 g/mol. The number of nitrogens with one attached hydrogen (secondary N) is 1. The highest BCUT2D eigenvalue weighted by molar-refractivity contribution is 7.13. The molecule has 0 bridgehead atoms. The zero-order chi connectivity index (χ0) is 19.0. The molecule has 0 radical (unpaired) electrons. The first-order valence-electron chi connectivity index (χ1n) is 8.84. The molecule has 140 valence electrons. The number of thiophene rings is 1. The predicted molar refractivity (Wildman–Crippen MR) is 105 cm³/mol. The molecule has 3 aromatic rings. The quantitative estimate of drug-likeness (QED) is 0.696. The van der Waals surface area contributed by atoms with Gasteiger partial charge in [0, 0.05) is 23.7 Å². The van der Waals surface area contributed by atoms with Crippen molar-refractivity contribution in [3.63, 3.8) is 0 Å². The molecule has 27 heavy (non-hydrogen) atoms. The van der Waals surface area contributed by atoms with Crippen LogP contribution < -0.4 is 9.47 Å².